The van der Waals surface area contributed by atoms with Gasteiger partial charge in [0, 0.05) is 18.1 Å². The van der Waals surface area contributed by atoms with E-state index < -0.39 is 0 Å². The van der Waals surface area contributed by atoms with Crippen LogP contribution in [0.2, 0.25) is 0 Å². The van der Waals surface area contributed by atoms with Crippen molar-refractivity contribution in [1.29, 1.82) is 0 Å². The summed E-state index contributed by atoms with van der Waals surface area (Å²) in [7, 11) is 0. The van der Waals surface area contributed by atoms with Crippen LogP contribution in [0, 0.1) is 0 Å². The molecule has 4 nitrogen and oxygen atoms in total. The molecular weight excluding hydrogens is 178 g/mol. The number of urea groups is 1. The topological polar surface area (TPSA) is 67.1 Å². The lowest BCUT2D eigenvalue weighted by atomic mass is 10.1. The van der Waals surface area contributed by atoms with Crippen LogP contribution in [0.1, 0.15) is 39.5 Å². The van der Waals surface area contributed by atoms with Crippen LogP contribution in [0.25, 0.3) is 0 Å². The first kappa shape index (κ1) is 11.3. The Morgan fingerprint density at radius 1 is 1.43 bits per heavy atom. The number of carbonyl (C=O) groups excluding carboxylic acids is 1. The molecule has 0 saturated heterocycles. The summed E-state index contributed by atoms with van der Waals surface area (Å²) in [6, 6.07) is 0.274. The maximum absolute atomic E-state index is 11.5. The molecule has 2 amide bonds. The highest BCUT2D eigenvalue weighted by molar-refractivity contribution is 5.75. The Morgan fingerprint density at radius 3 is 2.50 bits per heavy atom. The maximum Gasteiger partial charge on any atom is 0.315 e. The molecular formula is C10H21N3O. The first-order chi connectivity index (χ1) is 6.53. The Labute approximate surface area is 85.6 Å². The molecule has 0 radical (unpaired) electrons. The second-order valence-corrected chi connectivity index (χ2v) is 4.67. The summed E-state index contributed by atoms with van der Waals surface area (Å²) in [4.78, 5) is 11.5. The van der Waals surface area contributed by atoms with Gasteiger partial charge in [-0.2, -0.15) is 0 Å². The summed E-state index contributed by atoms with van der Waals surface area (Å²) in [5.74, 6) is 0. The van der Waals surface area contributed by atoms with E-state index in [0.29, 0.717) is 12.6 Å². The number of carbonyl (C=O) groups is 1. The number of hydrogen-bond donors (Lipinski definition) is 3. The predicted octanol–water partition coefficient (Wildman–Crippen LogP) is 0.965. The van der Waals surface area contributed by atoms with Crippen molar-refractivity contribution in [3.8, 4) is 0 Å². The summed E-state index contributed by atoms with van der Waals surface area (Å²) >= 11 is 0. The molecule has 0 heterocycles. The number of rotatable bonds is 3. The van der Waals surface area contributed by atoms with Crippen molar-refractivity contribution in [2.24, 2.45) is 5.73 Å². The molecule has 4 heteroatoms. The summed E-state index contributed by atoms with van der Waals surface area (Å²) in [6.45, 7) is 4.29. The van der Waals surface area contributed by atoms with Crippen LogP contribution in [-0.2, 0) is 0 Å². The largest absolute Gasteiger partial charge is 0.335 e. The zero-order valence-corrected chi connectivity index (χ0v) is 9.10. The van der Waals surface area contributed by atoms with E-state index >= 15 is 0 Å². The Morgan fingerprint density at radius 2 is 2.00 bits per heavy atom. The molecule has 0 unspecified atom stereocenters. The van der Waals surface area contributed by atoms with Crippen molar-refractivity contribution in [2.75, 3.05) is 6.54 Å². The second-order valence-electron chi connectivity index (χ2n) is 4.67. The van der Waals surface area contributed by atoms with E-state index in [2.05, 4.69) is 10.6 Å². The third kappa shape index (κ3) is 3.54. The molecule has 1 saturated carbocycles. The van der Waals surface area contributed by atoms with Gasteiger partial charge in [-0.1, -0.05) is 12.8 Å². The minimum atomic E-state index is -0.317. The molecule has 1 rings (SSSR count). The van der Waals surface area contributed by atoms with Crippen LogP contribution in [0.3, 0.4) is 0 Å². The highest BCUT2D eigenvalue weighted by Gasteiger charge is 2.21. The zero-order valence-electron chi connectivity index (χ0n) is 9.10. The van der Waals surface area contributed by atoms with Crippen molar-refractivity contribution < 1.29 is 4.79 Å². The van der Waals surface area contributed by atoms with Gasteiger partial charge in [0.25, 0.3) is 0 Å². The fraction of sp³-hybridized carbons (Fsp3) is 0.900. The average molecular weight is 199 g/mol. The molecule has 1 aliphatic carbocycles. The Kier molecular flexibility index (Phi) is 3.75. The zero-order chi connectivity index (χ0) is 10.6. The van der Waals surface area contributed by atoms with Crippen LogP contribution in [0.5, 0.6) is 0 Å². The van der Waals surface area contributed by atoms with Crippen LogP contribution < -0.4 is 16.4 Å². The summed E-state index contributed by atoms with van der Waals surface area (Å²) in [6.07, 6.45) is 4.67. The van der Waals surface area contributed by atoms with Crippen molar-refractivity contribution in [3.63, 3.8) is 0 Å². The highest BCUT2D eigenvalue weighted by Crippen LogP contribution is 2.17. The van der Waals surface area contributed by atoms with E-state index in [4.69, 9.17) is 5.73 Å². The molecule has 4 N–H and O–H groups in total. The van der Waals surface area contributed by atoms with Gasteiger partial charge in [-0.15, -0.1) is 0 Å². The van der Waals surface area contributed by atoms with E-state index in [1.54, 1.807) is 0 Å². The predicted molar refractivity (Wildman–Crippen MR) is 57.1 cm³/mol. The van der Waals surface area contributed by atoms with Crippen molar-refractivity contribution in [3.05, 3.63) is 0 Å². The van der Waals surface area contributed by atoms with Gasteiger partial charge in [-0.25, -0.2) is 4.79 Å². The quantitative estimate of drug-likeness (QED) is 0.634. The lowest BCUT2D eigenvalue weighted by Crippen LogP contribution is -2.53. The molecule has 82 valence electrons. The standard InChI is InChI=1S/C10H21N3O/c1-10(2,7-11)13-9(14)12-8-5-3-4-6-8/h8H,3-7,11H2,1-2H3,(H2,12,13,14). The molecule has 0 spiro atoms. The number of nitrogens with two attached hydrogens (primary N) is 1. The van der Waals surface area contributed by atoms with Crippen LogP contribution >= 0.6 is 0 Å². The summed E-state index contributed by atoms with van der Waals surface area (Å²) < 4.78 is 0. The molecule has 0 bridgehead atoms. The SMILES string of the molecule is CC(C)(CN)NC(=O)NC1CCCC1. The lowest BCUT2D eigenvalue weighted by molar-refractivity contribution is 0.226. The summed E-state index contributed by atoms with van der Waals surface area (Å²) in [5, 5.41) is 5.82. The molecule has 0 aromatic rings. The number of nitrogens with one attached hydrogen (secondary N) is 2. The summed E-state index contributed by atoms with van der Waals surface area (Å²) in [5.41, 5.74) is 5.20. The first-order valence-electron chi connectivity index (χ1n) is 5.32. The lowest BCUT2D eigenvalue weighted by Gasteiger charge is -2.25. The molecule has 0 aromatic carbocycles. The van der Waals surface area contributed by atoms with Crippen LogP contribution in [0.4, 0.5) is 4.79 Å². The van der Waals surface area contributed by atoms with Gasteiger partial charge in [0.15, 0.2) is 0 Å². The van der Waals surface area contributed by atoms with Crippen molar-refractivity contribution in [1.82, 2.24) is 10.6 Å². The van der Waals surface area contributed by atoms with Gasteiger partial charge < -0.3 is 16.4 Å². The third-order valence-corrected chi connectivity index (χ3v) is 2.65. The van der Waals surface area contributed by atoms with Gasteiger partial charge >= 0.3 is 6.03 Å². The Balaban J connectivity index is 2.27. The monoisotopic (exact) mass is 199 g/mol. The first-order valence-corrected chi connectivity index (χ1v) is 5.32. The van der Waals surface area contributed by atoms with Gasteiger partial charge in [-0.3, -0.25) is 0 Å². The van der Waals surface area contributed by atoms with Crippen LogP contribution in [0.15, 0.2) is 0 Å². The molecule has 0 aromatic heterocycles. The highest BCUT2D eigenvalue weighted by atomic mass is 16.2. The molecule has 0 aliphatic heterocycles. The minimum absolute atomic E-state index is 0.0904. The van der Waals surface area contributed by atoms with Crippen molar-refractivity contribution >= 4 is 6.03 Å². The van der Waals surface area contributed by atoms with Crippen molar-refractivity contribution in [2.45, 2.75) is 51.1 Å². The molecule has 0 atom stereocenters. The Hall–Kier alpha value is -0.770. The normalized spacial score (nSPS) is 18.2. The van der Waals surface area contributed by atoms with E-state index in [9.17, 15) is 4.79 Å². The second kappa shape index (κ2) is 4.64. The maximum atomic E-state index is 11.5. The van der Waals surface area contributed by atoms with E-state index in [1.807, 2.05) is 13.8 Å². The van der Waals surface area contributed by atoms with Gasteiger partial charge in [0.05, 0.1) is 0 Å². The van der Waals surface area contributed by atoms with Gasteiger partial charge in [0.2, 0.25) is 0 Å². The number of amides is 2. The molecule has 1 aliphatic rings. The minimum Gasteiger partial charge on any atom is -0.335 e. The van der Waals surface area contributed by atoms with Gasteiger partial charge in [0.1, 0.15) is 0 Å². The van der Waals surface area contributed by atoms with Crippen LogP contribution in [-0.4, -0.2) is 24.2 Å². The van der Waals surface area contributed by atoms with Gasteiger partial charge in [-0.05, 0) is 26.7 Å². The van der Waals surface area contributed by atoms with E-state index in [1.165, 1.54) is 12.8 Å². The van der Waals surface area contributed by atoms with E-state index in [-0.39, 0.29) is 11.6 Å². The number of hydrogen-bond acceptors (Lipinski definition) is 2. The fourth-order valence-corrected chi connectivity index (χ4v) is 1.65. The van der Waals surface area contributed by atoms with E-state index in [0.717, 1.165) is 12.8 Å². The smallest absolute Gasteiger partial charge is 0.315 e. The Bertz CT molecular complexity index is 198. The molecule has 1 fully saturated rings. The molecule has 14 heavy (non-hydrogen) atoms. The fourth-order valence-electron chi connectivity index (χ4n) is 1.65. The average Bonchev–Trinajstić information content (AvgIpc) is 2.55. The third-order valence-electron chi connectivity index (χ3n) is 2.65.